The second-order valence-electron chi connectivity index (χ2n) is 3.98. The first kappa shape index (κ1) is 12.7. The Kier molecular flexibility index (Phi) is 4.19. The molecule has 0 aliphatic heterocycles. The van der Waals surface area contributed by atoms with Crippen LogP contribution in [0.1, 0.15) is 16.8 Å². The Hall–Kier alpha value is -2.74. The highest BCUT2D eigenvalue weighted by Crippen LogP contribution is 2.04. The first-order valence-electron chi connectivity index (χ1n) is 5.80. The number of aromatic nitrogens is 2. The zero-order chi connectivity index (χ0) is 13.5. The average molecular weight is 252 g/mol. The molecule has 0 unspecified atom stereocenters. The van der Waals surface area contributed by atoms with Crippen LogP contribution in [0.3, 0.4) is 0 Å². The Morgan fingerprint density at radius 3 is 2.68 bits per heavy atom. The lowest BCUT2D eigenvalue weighted by atomic mass is 10.1. The zero-order valence-electron chi connectivity index (χ0n) is 10.2. The van der Waals surface area contributed by atoms with Crippen molar-refractivity contribution in [3.8, 4) is 6.07 Å². The van der Waals surface area contributed by atoms with Crippen LogP contribution in [0.5, 0.6) is 0 Å². The van der Waals surface area contributed by atoms with Crippen LogP contribution in [-0.4, -0.2) is 16.1 Å². The lowest BCUT2D eigenvalue weighted by Crippen LogP contribution is -2.25. The van der Waals surface area contributed by atoms with Crippen LogP contribution < -0.4 is 5.32 Å². The standard InChI is InChI=1S/C14H12N4O/c15-9-12-5-3-11(4-6-12)8-14(19)16-10-13-2-1-7-17-18-13/h1-7H,8,10H2,(H,16,19). The topological polar surface area (TPSA) is 78.7 Å². The first-order valence-corrected chi connectivity index (χ1v) is 5.80. The number of rotatable bonds is 4. The van der Waals surface area contributed by atoms with E-state index in [9.17, 15) is 4.79 Å². The molecule has 0 spiro atoms. The second kappa shape index (κ2) is 6.26. The van der Waals surface area contributed by atoms with Gasteiger partial charge in [0.25, 0.3) is 0 Å². The third-order valence-corrected chi connectivity index (χ3v) is 2.54. The summed E-state index contributed by atoms with van der Waals surface area (Å²) in [6, 6.07) is 12.6. The maximum Gasteiger partial charge on any atom is 0.224 e. The fourth-order valence-electron chi connectivity index (χ4n) is 1.56. The Morgan fingerprint density at radius 2 is 2.05 bits per heavy atom. The molecule has 0 saturated carbocycles. The summed E-state index contributed by atoms with van der Waals surface area (Å²) in [7, 11) is 0. The Morgan fingerprint density at radius 1 is 1.26 bits per heavy atom. The van der Waals surface area contributed by atoms with Crippen LogP contribution in [0.25, 0.3) is 0 Å². The van der Waals surface area contributed by atoms with Crippen molar-refractivity contribution in [2.45, 2.75) is 13.0 Å². The lowest BCUT2D eigenvalue weighted by Gasteiger charge is -2.04. The van der Waals surface area contributed by atoms with Gasteiger partial charge < -0.3 is 5.32 Å². The third kappa shape index (κ3) is 3.89. The molecule has 2 rings (SSSR count). The summed E-state index contributed by atoms with van der Waals surface area (Å²) in [4.78, 5) is 11.7. The number of nitriles is 1. The van der Waals surface area contributed by atoms with Crippen LogP contribution in [0.15, 0.2) is 42.6 Å². The molecule has 1 aromatic heterocycles. The van der Waals surface area contributed by atoms with E-state index in [0.717, 1.165) is 11.3 Å². The number of carbonyl (C=O) groups excluding carboxylic acids is 1. The van der Waals surface area contributed by atoms with Gasteiger partial charge in [-0.25, -0.2) is 0 Å². The SMILES string of the molecule is N#Cc1ccc(CC(=O)NCc2cccnn2)cc1. The minimum absolute atomic E-state index is 0.0876. The van der Waals surface area contributed by atoms with Crippen molar-refractivity contribution in [1.29, 1.82) is 5.26 Å². The molecular weight excluding hydrogens is 240 g/mol. The number of carbonyl (C=O) groups is 1. The summed E-state index contributed by atoms with van der Waals surface area (Å²) in [6.45, 7) is 0.364. The molecule has 1 amide bonds. The number of amides is 1. The second-order valence-corrected chi connectivity index (χ2v) is 3.98. The van der Waals surface area contributed by atoms with Gasteiger partial charge in [0.2, 0.25) is 5.91 Å². The summed E-state index contributed by atoms with van der Waals surface area (Å²) >= 11 is 0. The van der Waals surface area contributed by atoms with Gasteiger partial charge in [0.05, 0.1) is 30.3 Å². The summed E-state index contributed by atoms with van der Waals surface area (Å²) in [6.07, 6.45) is 1.87. The van der Waals surface area contributed by atoms with Gasteiger partial charge >= 0.3 is 0 Å². The molecule has 0 radical (unpaired) electrons. The molecule has 1 aromatic carbocycles. The zero-order valence-corrected chi connectivity index (χ0v) is 10.2. The molecule has 0 saturated heterocycles. The molecule has 2 aromatic rings. The lowest BCUT2D eigenvalue weighted by molar-refractivity contribution is -0.120. The van der Waals surface area contributed by atoms with E-state index < -0.39 is 0 Å². The normalized spacial score (nSPS) is 9.63. The quantitative estimate of drug-likeness (QED) is 0.887. The molecule has 0 aliphatic carbocycles. The van der Waals surface area contributed by atoms with E-state index in [0.29, 0.717) is 12.1 Å². The van der Waals surface area contributed by atoms with E-state index in [-0.39, 0.29) is 12.3 Å². The van der Waals surface area contributed by atoms with Crippen LogP contribution >= 0.6 is 0 Å². The van der Waals surface area contributed by atoms with Crippen LogP contribution in [0, 0.1) is 11.3 Å². The average Bonchev–Trinajstić information content (AvgIpc) is 2.47. The minimum atomic E-state index is -0.0876. The van der Waals surface area contributed by atoms with Gasteiger partial charge in [0.15, 0.2) is 0 Å². The van der Waals surface area contributed by atoms with Gasteiger partial charge in [-0.2, -0.15) is 15.5 Å². The molecule has 5 nitrogen and oxygen atoms in total. The molecule has 94 valence electrons. The largest absolute Gasteiger partial charge is 0.350 e. The number of hydrogen-bond donors (Lipinski definition) is 1. The van der Waals surface area contributed by atoms with E-state index in [1.807, 2.05) is 6.07 Å². The first-order chi connectivity index (χ1) is 9.28. The smallest absolute Gasteiger partial charge is 0.224 e. The third-order valence-electron chi connectivity index (χ3n) is 2.54. The van der Waals surface area contributed by atoms with Crippen LogP contribution in [0.4, 0.5) is 0 Å². The molecule has 0 atom stereocenters. The van der Waals surface area contributed by atoms with Gasteiger partial charge in [0.1, 0.15) is 0 Å². The summed E-state index contributed by atoms with van der Waals surface area (Å²) < 4.78 is 0. The summed E-state index contributed by atoms with van der Waals surface area (Å²) in [5.74, 6) is -0.0876. The maximum atomic E-state index is 11.7. The number of hydrogen-bond acceptors (Lipinski definition) is 4. The number of nitrogens with one attached hydrogen (secondary N) is 1. The molecular formula is C14H12N4O. The van der Waals surface area contributed by atoms with Crippen molar-refractivity contribution in [2.24, 2.45) is 0 Å². The van der Waals surface area contributed by atoms with Crippen molar-refractivity contribution in [3.05, 3.63) is 59.4 Å². The van der Waals surface area contributed by atoms with E-state index in [4.69, 9.17) is 5.26 Å². The van der Waals surface area contributed by atoms with Gasteiger partial charge in [-0.15, -0.1) is 0 Å². The van der Waals surface area contributed by atoms with E-state index in [1.54, 1.807) is 42.6 Å². The predicted octanol–water partition coefficient (Wildman–Crippen LogP) is 1.21. The van der Waals surface area contributed by atoms with Gasteiger partial charge in [-0.05, 0) is 29.8 Å². The van der Waals surface area contributed by atoms with Crippen molar-refractivity contribution in [2.75, 3.05) is 0 Å². The Labute approximate surface area is 110 Å². The highest BCUT2D eigenvalue weighted by atomic mass is 16.1. The Bertz CT molecular complexity index is 587. The highest BCUT2D eigenvalue weighted by molar-refractivity contribution is 5.78. The molecule has 5 heteroatoms. The van der Waals surface area contributed by atoms with E-state index >= 15 is 0 Å². The Balaban J connectivity index is 1.86. The van der Waals surface area contributed by atoms with Crippen LogP contribution in [-0.2, 0) is 17.8 Å². The van der Waals surface area contributed by atoms with Crippen molar-refractivity contribution >= 4 is 5.91 Å². The van der Waals surface area contributed by atoms with Crippen LogP contribution in [0.2, 0.25) is 0 Å². The fourth-order valence-corrected chi connectivity index (χ4v) is 1.56. The molecule has 19 heavy (non-hydrogen) atoms. The summed E-state index contributed by atoms with van der Waals surface area (Å²) in [5, 5.41) is 19.1. The van der Waals surface area contributed by atoms with E-state index in [2.05, 4.69) is 15.5 Å². The molecule has 0 bridgehead atoms. The highest BCUT2D eigenvalue weighted by Gasteiger charge is 2.04. The predicted molar refractivity (Wildman–Crippen MR) is 68.7 cm³/mol. The minimum Gasteiger partial charge on any atom is -0.350 e. The molecule has 0 aliphatic rings. The number of nitrogens with zero attached hydrogens (tertiary/aromatic N) is 3. The molecule has 1 N–H and O–H groups in total. The van der Waals surface area contributed by atoms with E-state index in [1.165, 1.54) is 0 Å². The number of benzene rings is 1. The monoisotopic (exact) mass is 252 g/mol. The fraction of sp³-hybridized carbons (Fsp3) is 0.143. The molecule has 0 fully saturated rings. The van der Waals surface area contributed by atoms with Crippen molar-refractivity contribution in [1.82, 2.24) is 15.5 Å². The van der Waals surface area contributed by atoms with Gasteiger partial charge in [-0.1, -0.05) is 12.1 Å². The molecule has 1 heterocycles. The van der Waals surface area contributed by atoms with Gasteiger partial charge in [-0.3, -0.25) is 4.79 Å². The summed E-state index contributed by atoms with van der Waals surface area (Å²) in [5.41, 5.74) is 2.18. The van der Waals surface area contributed by atoms with Crippen molar-refractivity contribution in [3.63, 3.8) is 0 Å². The van der Waals surface area contributed by atoms with Gasteiger partial charge in [0, 0.05) is 6.20 Å². The maximum absolute atomic E-state index is 11.7. The van der Waals surface area contributed by atoms with Crippen molar-refractivity contribution < 1.29 is 4.79 Å².